The highest BCUT2D eigenvalue weighted by molar-refractivity contribution is 6.05. The van der Waals surface area contributed by atoms with E-state index in [1.807, 2.05) is 48.1 Å². The number of fused-ring (bicyclic) bond motifs is 1. The minimum absolute atomic E-state index is 0.128. The number of piperidine rings is 2. The van der Waals surface area contributed by atoms with Crippen LogP contribution < -0.4 is 16.3 Å². The Kier molecular flexibility index (Phi) is 11.5. The summed E-state index contributed by atoms with van der Waals surface area (Å²) in [6.07, 6.45) is 13.2. The van der Waals surface area contributed by atoms with Gasteiger partial charge < -0.3 is 15.0 Å². The molecule has 1 atom stereocenters. The highest BCUT2D eigenvalue weighted by Crippen LogP contribution is 2.36. The van der Waals surface area contributed by atoms with E-state index < -0.39 is 11.9 Å². The normalized spacial score (nSPS) is 20.1. The molecule has 1 unspecified atom stereocenters. The van der Waals surface area contributed by atoms with Crippen molar-refractivity contribution in [2.45, 2.75) is 76.5 Å². The molecule has 3 aliphatic rings. The van der Waals surface area contributed by atoms with E-state index in [1.165, 1.54) is 27.6 Å². The fraction of sp³-hybridized carbons (Fsp3) is 0.409. The molecule has 1 aromatic carbocycles. The van der Waals surface area contributed by atoms with Gasteiger partial charge in [0.05, 0.1) is 51.3 Å². The van der Waals surface area contributed by atoms with Gasteiger partial charge in [-0.1, -0.05) is 24.0 Å². The van der Waals surface area contributed by atoms with Crippen LogP contribution in [0.25, 0.3) is 22.4 Å². The number of nitrogens with zero attached hydrogens (tertiary/aromatic N) is 8. The summed E-state index contributed by atoms with van der Waals surface area (Å²) in [7, 11) is 1.67. The lowest BCUT2D eigenvalue weighted by molar-refractivity contribution is -0.135. The van der Waals surface area contributed by atoms with Crippen LogP contribution in [0.5, 0.6) is 0 Å². The predicted molar refractivity (Wildman–Crippen MR) is 219 cm³/mol. The van der Waals surface area contributed by atoms with Gasteiger partial charge in [-0.3, -0.25) is 43.5 Å². The number of ether oxygens (including phenoxy) is 1. The number of carbonyl (C=O) groups excluding carboxylic acids is 3. The van der Waals surface area contributed by atoms with E-state index >= 15 is 0 Å². The molecule has 2 N–H and O–H groups in total. The molecule has 15 nitrogen and oxygen atoms in total. The first-order valence-electron chi connectivity index (χ1n) is 20.2. The lowest BCUT2D eigenvalue weighted by atomic mass is 9.85. The molecule has 3 amide bonds. The average molecular weight is 795 g/mol. The van der Waals surface area contributed by atoms with Crippen LogP contribution in [0.2, 0.25) is 0 Å². The van der Waals surface area contributed by atoms with E-state index in [0.29, 0.717) is 50.7 Å². The van der Waals surface area contributed by atoms with Gasteiger partial charge in [0, 0.05) is 57.9 Å². The molecule has 1 saturated carbocycles. The number of nitriles is 1. The first-order chi connectivity index (χ1) is 28.6. The molecule has 2 saturated heterocycles. The Balaban J connectivity index is 0.829. The molecule has 0 spiro atoms. The summed E-state index contributed by atoms with van der Waals surface area (Å²) < 4.78 is 11.2. The molecule has 5 aromatic rings. The number of imidazole rings is 1. The molecule has 3 fully saturated rings. The number of aryl methyl sites for hydroxylation is 2. The SMILES string of the molecule is Cc1ccc(-c2nn(C3CCC(CN4CCC(OCC#Cc5cccc6c5n(C)c(=O)n6C5CCC(=O)NC5=O)CC4)CC3)cc2NC(=O)c2cncc(C#N)c2)nc1. The fourth-order valence-corrected chi connectivity index (χ4v) is 8.56. The first-order valence-corrected chi connectivity index (χ1v) is 20.2. The third-order valence-electron chi connectivity index (χ3n) is 11.7. The molecular formula is C44H46N10O5. The molecule has 59 heavy (non-hydrogen) atoms. The minimum Gasteiger partial charge on any atom is -0.365 e. The maximum atomic E-state index is 13.2. The maximum absolute atomic E-state index is 13.2. The van der Waals surface area contributed by atoms with Crippen LogP contribution in [0.3, 0.4) is 0 Å². The van der Waals surface area contributed by atoms with Crippen LogP contribution in [0.1, 0.15) is 90.5 Å². The van der Waals surface area contributed by atoms with Crippen LogP contribution >= 0.6 is 0 Å². The molecule has 0 bridgehead atoms. The molecule has 0 radical (unpaired) electrons. The number of pyridine rings is 2. The molecular weight excluding hydrogens is 749 g/mol. The lowest BCUT2D eigenvalue weighted by Gasteiger charge is -2.36. The van der Waals surface area contributed by atoms with Crippen molar-refractivity contribution in [3.05, 3.63) is 93.9 Å². The highest BCUT2D eigenvalue weighted by atomic mass is 16.5. The van der Waals surface area contributed by atoms with E-state index in [0.717, 1.165) is 63.7 Å². The monoisotopic (exact) mass is 794 g/mol. The zero-order valence-electron chi connectivity index (χ0n) is 33.2. The van der Waals surface area contributed by atoms with Crippen LogP contribution in [-0.4, -0.2) is 83.8 Å². The number of hydrogen-bond donors (Lipinski definition) is 2. The number of benzene rings is 1. The van der Waals surface area contributed by atoms with Crippen molar-refractivity contribution in [3.8, 4) is 29.3 Å². The van der Waals surface area contributed by atoms with E-state index in [-0.39, 0.29) is 49.1 Å². The summed E-state index contributed by atoms with van der Waals surface area (Å²) in [5.74, 6) is 5.77. The zero-order valence-corrected chi connectivity index (χ0v) is 33.2. The number of carbonyl (C=O) groups is 3. The fourth-order valence-electron chi connectivity index (χ4n) is 8.56. The average Bonchev–Trinajstić information content (AvgIpc) is 3.78. The van der Waals surface area contributed by atoms with Crippen LogP contribution in [0.4, 0.5) is 5.69 Å². The Morgan fingerprint density at radius 1 is 1.02 bits per heavy atom. The summed E-state index contributed by atoms with van der Waals surface area (Å²) in [6.45, 7) is 5.24. The van der Waals surface area contributed by atoms with Crippen molar-refractivity contribution in [1.29, 1.82) is 5.26 Å². The summed E-state index contributed by atoms with van der Waals surface area (Å²) in [6, 6.07) is 12.4. The van der Waals surface area contributed by atoms with E-state index in [1.54, 1.807) is 19.3 Å². The number of anilines is 1. The third kappa shape index (κ3) is 8.58. The molecule has 4 aromatic heterocycles. The molecule has 8 rings (SSSR count). The quantitative estimate of drug-likeness (QED) is 0.157. The summed E-state index contributed by atoms with van der Waals surface area (Å²) in [4.78, 5) is 61.9. The summed E-state index contributed by atoms with van der Waals surface area (Å²) in [5, 5.41) is 19.6. The van der Waals surface area contributed by atoms with Crippen molar-refractivity contribution in [1.82, 2.24) is 39.1 Å². The first kappa shape index (κ1) is 39.4. The van der Waals surface area contributed by atoms with E-state index in [4.69, 9.17) is 9.84 Å². The van der Waals surface area contributed by atoms with Gasteiger partial charge in [0.1, 0.15) is 24.4 Å². The van der Waals surface area contributed by atoms with Crippen LogP contribution in [-0.2, 0) is 21.4 Å². The van der Waals surface area contributed by atoms with Gasteiger partial charge in [-0.25, -0.2) is 4.79 Å². The highest BCUT2D eigenvalue weighted by Gasteiger charge is 2.32. The molecule has 2 aliphatic heterocycles. The number of amides is 3. The Morgan fingerprint density at radius 3 is 2.58 bits per heavy atom. The number of nitrogens with one attached hydrogen (secondary N) is 2. The molecule has 15 heteroatoms. The van der Waals surface area contributed by atoms with Crippen molar-refractivity contribution in [3.63, 3.8) is 0 Å². The topological polar surface area (TPSA) is 182 Å². The van der Waals surface area contributed by atoms with Crippen molar-refractivity contribution >= 4 is 34.4 Å². The number of para-hydroxylation sites is 1. The predicted octanol–water partition coefficient (Wildman–Crippen LogP) is 4.67. The molecule has 302 valence electrons. The summed E-state index contributed by atoms with van der Waals surface area (Å²) >= 11 is 0. The second-order valence-corrected chi connectivity index (χ2v) is 15.8. The van der Waals surface area contributed by atoms with Gasteiger partial charge in [-0.2, -0.15) is 10.4 Å². The maximum Gasteiger partial charge on any atom is 0.329 e. The van der Waals surface area contributed by atoms with Gasteiger partial charge in [-0.05, 0) is 87.6 Å². The Labute approximate surface area is 341 Å². The Bertz CT molecular complexity index is 2560. The van der Waals surface area contributed by atoms with Crippen molar-refractivity contribution < 1.29 is 19.1 Å². The van der Waals surface area contributed by atoms with Gasteiger partial charge in [-0.15, -0.1) is 0 Å². The second-order valence-electron chi connectivity index (χ2n) is 15.8. The molecule has 1 aliphatic carbocycles. The van der Waals surface area contributed by atoms with Gasteiger partial charge in [0.2, 0.25) is 11.8 Å². The van der Waals surface area contributed by atoms with E-state index in [9.17, 15) is 24.4 Å². The number of likely N-dealkylation sites (tertiary alicyclic amines) is 1. The van der Waals surface area contributed by atoms with Gasteiger partial charge in [0.15, 0.2) is 0 Å². The van der Waals surface area contributed by atoms with Gasteiger partial charge >= 0.3 is 5.69 Å². The Hall–Kier alpha value is -6.42. The van der Waals surface area contributed by atoms with Crippen molar-refractivity contribution in [2.75, 3.05) is 31.6 Å². The van der Waals surface area contributed by atoms with Crippen molar-refractivity contribution in [2.24, 2.45) is 13.0 Å². The van der Waals surface area contributed by atoms with Gasteiger partial charge in [0.25, 0.3) is 5.91 Å². The smallest absolute Gasteiger partial charge is 0.329 e. The zero-order chi connectivity index (χ0) is 41.0. The molecule has 6 heterocycles. The standard InChI is InChI=1S/C44H46N10O5/c1-28-8-13-35(47-23-28)40-36(48-42(56)32-21-30(22-45)24-46-25-32)27-53(50-40)33-11-9-29(10-12-33)26-52-18-16-34(17-19-52)59-20-4-6-31-5-3-7-37-41(31)51(2)44(58)54(37)38-14-15-39(55)49-43(38)57/h3,5,7-8,13,21,23-25,27,29,33-34,38H,9-12,14-20,26H2,1-2H3,(H,48,56)(H,49,55,57). The largest absolute Gasteiger partial charge is 0.365 e. The summed E-state index contributed by atoms with van der Waals surface area (Å²) in [5.41, 5.74) is 5.11. The number of rotatable bonds is 9. The van der Waals surface area contributed by atoms with Crippen LogP contribution in [0, 0.1) is 36.0 Å². The van der Waals surface area contributed by atoms with Crippen LogP contribution in [0.15, 0.2) is 66.0 Å². The lowest BCUT2D eigenvalue weighted by Crippen LogP contribution is -2.44. The number of imide groups is 1. The minimum atomic E-state index is -0.744. The Morgan fingerprint density at radius 2 is 1.83 bits per heavy atom. The second kappa shape index (κ2) is 17.2. The van der Waals surface area contributed by atoms with E-state index in [2.05, 4.69) is 37.3 Å². The number of hydrogen-bond acceptors (Lipinski definition) is 10. The third-order valence-corrected chi connectivity index (χ3v) is 11.7. The number of aromatic nitrogens is 6.